The summed E-state index contributed by atoms with van der Waals surface area (Å²) in [5.41, 5.74) is 1.55. The van der Waals surface area contributed by atoms with Gasteiger partial charge < -0.3 is 15.1 Å². The second-order valence-electron chi connectivity index (χ2n) is 6.20. The smallest absolute Gasteiger partial charge is 0.253 e. The van der Waals surface area contributed by atoms with Crippen molar-refractivity contribution in [3.63, 3.8) is 0 Å². The molecule has 1 N–H and O–H groups in total. The molecule has 2 rings (SSSR count). The van der Waals surface area contributed by atoms with Gasteiger partial charge in [0.2, 0.25) is 5.91 Å². The average Bonchev–Trinajstić information content (AvgIpc) is 2.90. The van der Waals surface area contributed by atoms with Crippen molar-refractivity contribution in [2.75, 3.05) is 38.0 Å². The van der Waals surface area contributed by atoms with Crippen molar-refractivity contribution >= 4 is 17.5 Å². The van der Waals surface area contributed by atoms with Gasteiger partial charge in [0.25, 0.3) is 5.91 Å². The van der Waals surface area contributed by atoms with Gasteiger partial charge in [-0.05, 0) is 51.0 Å². The quantitative estimate of drug-likeness (QED) is 0.872. The minimum absolute atomic E-state index is 0.0483. The summed E-state index contributed by atoms with van der Waals surface area (Å²) in [6, 6.07) is 7.37. The van der Waals surface area contributed by atoms with Crippen LogP contribution in [-0.2, 0) is 4.79 Å². The second kappa shape index (κ2) is 9.30. The molecule has 1 heterocycles. The standard InChI is InChI=1S/C19H29N3O2/c1-3-21(4-2)19(24)16-9-11-17(12-10-16)20-15-18(23)22-13-7-5-6-8-14-22/h9-12,20H,3-8,13-15H2,1-2H3. The summed E-state index contributed by atoms with van der Waals surface area (Å²) in [7, 11) is 0. The molecule has 0 aliphatic carbocycles. The van der Waals surface area contributed by atoms with E-state index in [1.165, 1.54) is 12.8 Å². The van der Waals surface area contributed by atoms with E-state index in [-0.39, 0.29) is 11.8 Å². The summed E-state index contributed by atoms with van der Waals surface area (Å²) in [6.07, 6.45) is 4.65. The summed E-state index contributed by atoms with van der Waals surface area (Å²) in [4.78, 5) is 28.3. The van der Waals surface area contributed by atoms with Crippen LogP contribution in [-0.4, -0.2) is 54.3 Å². The molecular formula is C19H29N3O2. The van der Waals surface area contributed by atoms with Gasteiger partial charge in [0.15, 0.2) is 0 Å². The number of hydrogen-bond acceptors (Lipinski definition) is 3. The Bertz CT molecular complexity index is 530. The molecule has 0 bridgehead atoms. The largest absolute Gasteiger partial charge is 0.376 e. The molecule has 1 saturated heterocycles. The number of nitrogens with zero attached hydrogens (tertiary/aromatic N) is 2. The van der Waals surface area contributed by atoms with Crippen LogP contribution < -0.4 is 5.32 Å². The van der Waals surface area contributed by atoms with Gasteiger partial charge in [-0.3, -0.25) is 9.59 Å². The van der Waals surface area contributed by atoms with E-state index in [2.05, 4.69) is 5.32 Å². The molecular weight excluding hydrogens is 302 g/mol. The Kier molecular flexibility index (Phi) is 7.09. The summed E-state index contributed by atoms with van der Waals surface area (Å²) in [6.45, 7) is 7.43. The minimum atomic E-state index is 0.0483. The first-order valence-electron chi connectivity index (χ1n) is 9.06. The molecule has 0 saturated carbocycles. The number of benzene rings is 1. The summed E-state index contributed by atoms with van der Waals surface area (Å²) in [5.74, 6) is 0.201. The first-order valence-corrected chi connectivity index (χ1v) is 9.06. The monoisotopic (exact) mass is 331 g/mol. The number of carbonyl (C=O) groups excluding carboxylic acids is 2. The average molecular weight is 331 g/mol. The molecule has 1 fully saturated rings. The van der Waals surface area contributed by atoms with Gasteiger partial charge in [-0.15, -0.1) is 0 Å². The predicted octanol–water partition coefficient (Wildman–Crippen LogP) is 2.98. The Morgan fingerprint density at radius 2 is 1.58 bits per heavy atom. The number of hydrogen-bond donors (Lipinski definition) is 1. The Balaban J connectivity index is 1.87. The van der Waals surface area contributed by atoms with Crippen molar-refractivity contribution in [3.05, 3.63) is 29.8 Å². The molecule has 0 atom stereocenters. The van der Waals surface area contributed by atoms with Crippen LogP contribution >= 0.6 is 0 Å². The van der Waals surface area contributed by atoms with Crippen LogP contribution in [0.1, 0.15) is 49.9 Å². The van der Waals surface area contributed by atoms with Crippen LogP contribution in [0.5, 0.6) is 0 Å². The molecule has 24 heavy (non-hydrogen) atoms. The summed E-state index contributed by atoms with van der Waals surface area (Å²) >= 11 is 0. The fourth-order valence-electron chi connectivity index (χ4n) is 3.03. The van der Waals surface area contributed by atoms with E-state index in [9.17, 15) is 9.59 Å². The first-order chi connectivity index (χ1) is 11.7. The van der Waals surface area contributed by atoms with E-state index < -0.39 is 0 Å². The first kappa shape index (κ1) is 18.3. The Morgan fingerprint density at radius 1 is 1.00 bits per heavy atom. The molecule has 1 aliphatic heterocycles. The Morgan fingerprint density at radius 3 is 2.12 bits per heavy atom. The zero-order chi connectivity index (χ0) is 17.4. The number of amides is 2. The number of nitrogens with one attached hydrogen (secondary N) is 1. The van der Waals surface area contributed by atoms with Crippen molar-refractivity contribution in [2.45, 2.75) is 39.5 Å². The lowest BCUT2D eigenvalue weighted by Gasteiger charge is -2.21. The van der Waals surface area contributed by atoms with Crippen molar-refractivity contribution in [1.82, 2.24) is 9.80 Å². The van der Waals surface area contributed by atoms with E-state index in [1.54, 1.807) is 4.90 Å². The zero-order valence-corrected chi connectivity index (χ0v) is 14.9. The number of carbonyl (C=O) groups is 2. The molecule has 1 aromatic carbocycles. The van der Waals surface area contributed by atoms with Crippen molar-refractivity contribution in [2.24, 2.45) is 0 Å². The van der Waals surface area contributed by atoms with Gasteiger partial charge in [-0.1, -0.05) is 12.8 Å². The highest BCUT2D eigenvalue weighted by atomic mass is 16.2. The molecule has 1 aliphatic rings. The molecule has 0 radical (unpaired) electrons. The van der Waals surface area contributed by atoms with Gasteiger partial charge in [-0.25, -0.2) is 0 Å². The van der Waals surface area contributed by atoms with Crippen LogP contribution in [0.25, 0.3) is 0 Å². The summed E-state index contributed by atoms with van der Waals surface area (Å²) in [5, 5.41) is 3.17. The second-order valence-corrected chi connectivity index (χ2v) is 6.20. The van der Waals surface area contributed by atoms with E-state index in [0.717, 1.165) is 31.6 Å². The molecule has 2 amide bonds. The van der Waals surface area contributed by atoms with E-state index in [0.29, 0.717) is 25.2 Å². The number of rotatable bonds is 6. The third kappa shape index (κ3) is 4.98. The normalized spacial score (nSPS) is 14.8. The maximum absolute atomic E-state index is 12.3. The fourth-order valence-corrected chi connectivity index (χ4v) is 3.03. The van der Waals surface area contributed by atoms with E-state index in [1.807, 2.05) is 43.0 Å². The highest BCUT2D eigenvalue weighted by Crippen LogP contribution is 2.13. The third-order valence-corrected chi connectivity index (χ3v) is 4.59. The molecule has 1 aromatic rings. The van der Waals surface area contributed by atoms with Crippen LogP contribution in [0, 0.1) is 0 Å². The lowest BCUT2D eigenvalue weighted by molar-refractivity contribution is -0.129. The predicted molar refractivity (Wildman–Crippen MR) is 97.2 cm³/mol. The lowest BCUT2D eigenvalue weighted by atomic mass is 10.1. The SMILES string of the molecule is CCN(CC)C(=O)c1ccc(NCC(=O)N2CCCCCC2)cc1. The highest BCUT2D eigenvalue weighted by molar-refractivity contribution is 5.94. The molecule has 5 nitrogen and oxygen atoms in total. The van der Waals surface area contributed by atoms with Crippen molar-refractivity contribution < 1.29 is 9.59 Å². The summed E-state index contributed by atoms with van der Waals surface area (Å²) < 4.78 is 0. The van der Waals surface area contributed by atoms with Gasteiger partial charge in [0.1, 0.15) is 0 Å². The molecule has 0 aromatic heterocycles. The fraction of sp³-hybridized carbons (Fsp3) is 0.579. The van der Waals surface area contributed by atoms with Crippen molar-refractivity contribution in [3.8, 4) is 0 Å². The van der Waals surface area contributed by atoms with Gasteiger partial charge in [0, 0.05) is 37.4 Å². The van der Waals surface area contributed by atoms with E-state index in [4.69, 9.17) is 0 Å². The number of likely N-dealkylation sites (tertiary alicyclic amines) is 1. The Labute approximate surface area is 145 Å². The van der Waals surface area contributed by atoms with Gasteiger partial charge in [-0.2, -0.15) is 0 Å². The zero-order valence-electron chi connectivity index (χ0n) is 14.9. The maximum Gasteiger partial charge on any atom is 0.253 e. The lowest BCUT2D eigenvalue weighted by Crippen LogP contribution is -2.36. The molecule has 5 heteroatoms. The van der Waals surface area contributed by atoms with E-state index >= 15 is 0 Å². The van der Waals surface area contributed by atoms with Gasteiger partial charge in [0.05, 0.1) is 6.54 Å². The van der Waals surface area contributed by atoms with Crippen LogP contribution in [0.15, 0.2) is 24.3 Å². The molecule has 132 valence electrons. The third-order valence-electron chi connectivity index (χ3n) is 4.59. The van der Waals surface area contributed by atoms with Crippen molar-refractivity contribution in [1.29, 1.82) is 0 Å². The van der Waals surface area contributed by atoms with Crippen LogP contribution in [0.3, 0.4) is 0 Å². The Hall–Kier alpha value is -2.04. The van der Waals surface area contributed by atoms with Crippen LogP contribution in [0.4, 0.5) is 5.69 Å². The topological polar surface area (TPSA) is 52.7 Å². The molecule has 0 unspecified atom stereocenters. The van der Waals surface area contributed by atoms with Gasteiger partial charge >= 0.3 is 0 Å². The minimum Gasteiger partial charge on any atom is -0.376 e. The number of anilines is 1. The highest BCUT2D eigenvalue weighted by Gasteiger charge is 2.15. The van der Waals surface area contributed by atoms with Crippen LogP contribution in [0.2, 0.25) is 0 Å². The molecule has 0 spiro atoms. The maximum atomic E-state index is 12.3.